The smallest absolute Gasteiger partial charge is 0.303 e. The third-order valence-corrected chi connectivity index (χ3v) is 3.70. The van der Waals surface area contributed by atoms with Crippen LogP contribution in [0.15, 0.2) is 30.5 Å². The van der Waals surface area contributed by atoms with Crippen molar-refractivity contribution in [2.24, 2.45) is 5.92 Å². The van der Waals surface area contributed by atoms with Crippen molar-refractivity contribution < 1.29 is 14.7 Å². The SMILES string of the molecule is Cc1c(C(=O)Nc2cccc(CCC(=O)O)c2)cnn1CC(C)C. The second kappa shape index (κ2) is 7.77. The van der Waals surface area contributed by atoms with Crippen molar-refractivity contribution in [1.29, 1.82) is 0 Å². The Kier molecular flexibility index (Phi) is 5.73. The zero-order valence-corrected chi connectivity index (χ0v) is 14.2. The van der Waals surface area contributed by atoms with E-state index in [9.17, 15) is 9.59 Å². The van der Waals surface area contributed by atoms with E-state index in [0.717, 1.165) is 17.8 Å². The molecule has 0 unspecified atom stereocenters. The van der Waals surface area contributed by atoms with Crippen LogP contribution in [0.25, 0.3) is 0 Å². The number of aliphatic carboxylic acids is 1. The van der Waals surface area contributed by atoms with Gasteiger partial charge in [-0.1, -0.05) is 26.0 Å². The maximum absolute atomic E-state index is 12.5. The second-order valence-corrected chi connectivity index (χ2v) is 6.27. The number of benzene rings is 1. The molecule has 1 aromatic heterocycles. The molecule has 0 spiro atoms. The van der Waals surface area contributed by atoms with Gasteiger partial charge in [0, 0.05) is 24.3 Å². The number of carbonyl (C=O) groups excluding carboxylic acids is 1. The highest BCUT2D eigenvalue weighted by atomic mass is 16.4. The lowest BCUT2D eigenvalue weighted by atomic mass is 10.1. The van der Waals surface area contributed by atoms with E-state index in [0.29, 0.717) is 23.6 Å². The molecule has 1 heterocycles. The first-order valence-corrected chi connectivity index (χ1v) is 8.01. The number of aryl methyl sites for hydroxylation is 1. The van der Waals surface area contributed by atoms with Gasteiger partial charge in [-0.05, 0) is 37.0 Å². The molecule has 0 bridgehead atoms. The number of carbonyl (C=O) groups is 2. The van der Waals surface area contributed by atoms with Gasteiger partial charge >= 0.3 is 5.97 Å². The molecule has 24 heavy (non-hydrogen) atoms. The van der Waals surface area contributed by atoms with Crippen molar-refractivity contribution >= 4 is 17.6 Å². The average Bonchev–Trinajstić information content (AvgIpc) is 2.86. The molecule has 128 valence electrons. The van der Waals surface area contributed by atoms with E-state index in [2.05, 4.69) is 24.3 Å². The number of nitrogens with one attached hydrogen (secondary N) is 1. The summed E-state index contributed by atoms with van der Waals surface area (Å²) >= 11 is 0. The predicted octanol–water partition coefficient (Wildman–Crippen LogP) is 3.12. The van der Waals surface area contributed by atoms with E-state index in [4.69, 9.17) is 5.11 Å². The average molecular weight is 329 g/mol. The fraction of sp³-hybridized carbons (Fsp3) is 0.389. The molecule has 2 N–H and O–H groups in total. The van der Waals surface area contributed by atoms with Gasteiger partial charge in [0.1, 0.15) is 0 Å². The summed E-state index contributed by atoms with van der Waals surface area (Å²) in [6.07, 6.45) is 2.09. The fourth-order valence-electron chi connectivity index (χ4n) is 2.45. The lowest BCUT2D eigenvalue weighted by Crippen LogP contribution is -2.14. The van der Waals surface area contributed by atoms with Crippen molar-refractivity contribution in [3.63, 3.8) is 0 Å². The summed E-state index contributed by atoms with van der Waals surface area (Å²) in [7, 11) is 0. The highest BCUT2D eigenvalue weighted by molar-refractivity contribution is 6.04. The van der Waals surface area contributed by atoms with Gasteiger partial charge < -0.3 is 10.4 Å². The van der Waals surface area contributed by atoms with Crippen LogP contribution in [-0.4, -0.2) is 26.8 Å². The second-order valence-electron chi connectivity index (χ2n) is 6.27. The first kappa shape index (κ1) is 17.7. The highest BCUT2D eigenvalue weighted by Gasteiger charge is 2.15. The van der Waals surface area contributed by atoms with Crippen LogP contribution >= 0.6 is 0 Å². The summed E-state index contributed by atoms with van der Waals surface area (Å²) in [5.74, 6) is -0.596. The van der Waals surface area contributed by atoms with E-state index in [-0.39, 0.29) is 12.3 Å². The van der Waals surface area contributed by atoms with Gasteiger partial charge in [0.25, 0.3) is 5.91 Å². The molecule has 0 aliphatic heterocycles. The normalized spacial score (nSPS) is 10.8. The van der Waals surface area contributed by atoms with E-state index in [1.165, 1.54) is 0 Å². The molecule has 6 heteroatoms. The van der Waals surface area contributed by atoms with Crippen LogP contribution in [0.3, 0.4) is 0 Å². The summed E-state index contributed by atoms with van der Waals surface area (Å²) in [6.45, 7) is 6.85. The molecular weight excluding hydrogens is 306 g/mol. The Bertz CT molecular complexity index is 735. The van der Waals surface area contributed by atoms with Crippen molar-refractivity contribution in [3.05, 3.63) is 47.3 Å². The summed E-state index contributed by atoms with van der Waals surface area (Å²) in [4.78, 5) is 23.1. The van der Waals surface area contributed by atoms with Crippen LogP contribution in [0.1, 0.15) is 41.9 Å². The van der Waals surface area contributed by atoms with Crippen LogP contribution in [0.4, 0.5) is 5.69 Å². The van der Waals surface area contributed by atoms with Crippen LogP contribution in [0.5, 0.6) is 0 Å². The van der Waals surface area contributed by atoms with Gasteiger partial charge in [-0.25, -0.2) is 0 Å². The topological polar surface area (TPSA) is 84.2 Å². The summed E-state index contributed by atoms with van der Waals surface area (Å²) < 4.78 is 1.84. The Balaban J connectivity index is 2.08. The molecular formula is C18H23N3O3. The lowest BCUT2D eigenvalue weighted by Gasteiger charge is -2.09. The summed E-state index contributed by atoms with van der Waals surface area (Å²) in [6, 6.07) is 7.25. The Hall–Kier alpha value is -2.63. The standard InChI is InChI=1S/C18H23N3O3/c1-12(2)11-21-13(3)16(10-19-21)18(24)20-15-6-4-5-14(9-15)7-8-17(22)23/h4-6,9-10,12H,7-8,11H2,1-3H3,(H,20,24)(H,22,23). The molecule has 1 amide bonds. The quantitative estimate of drug-likeness (QED) is 0.817. The molecule has 0 fully saturated rings. The summed E-state index contributed by atoms with van der Waals surface area (Å²) in [5, 5.41) is 15.9. The first-order valence-electron chi connectivity index (χ1n) is 8.01. The van der Waals surface area contributed by atoms with Gasteiger partial charge in [-0.15, -0.1) is 0 Å². The Morgan fingerprint density at radius 3 is 2.75 bits per heavy atom. The van der Waals surface area contributed by atoms with Gasteiger partial charge in [0.2, 0.25) is 0 Å². The van der Waals surface area contributed by atoms with E-state index < -0.39 is 5.97 Å². The number of rotatable bonds is 7. The van der Waals surface area contributed by atoms with Gasteiger partial charge in [0.05, 0.1) is 11.8 Å². The zero-order valence-electron chi connectivity index (χ0n) is 14.2. The van der Waals surface area contributed by atoms with Crippen molar-refractivity contribution in [3.8, 4) is 0 Å². The number of anilines is 1. The number of aromatic nitrogens is 2. The van der Waals surface area contributed by atoms with Gasteiger partial charge in [-0.2, -0.15) is 5.10 Å². The largest absolute Gasteiger partial charge is 0.481 e. The highest BCUT2D eigenvalue weighted by Crippen LogP contribution is 2.16. The van der Waals surface area contributed by atoms with Crippen molar-refractivity contribution in [2.45, 2.75) is 40.2 Å². The predicted molar refractivity (Wildman–Crippen MR) is 92.2 cm³/mol. The maximum Gasteiger partial charge on any atom is 0.303 e. The van der Waals surface area contributed by atoms with Gasteiger partial charge in [0.15, 0.2) is 0 Å². The molecule has 2 aromatic rings. The number of hydrogen-bond donors (Lipinski definition) is 2. The maximum atomic E-state index is 12.5. The fourth-order valence-corrected chi connectivity index (χ4v) is 2.45. The number of carboxylic acid groups (broad SMARTS) is 1. The lowest BCUT2D eigenvalue weighted by molar-refractivity contribution is -0.136. The van der Waals surface area contributed by atoms with Gasteiger partial charge in [-0.3, -0.25) is 14.3 Å². The Morgan fingerprint density at radius 1 is 1.33 bits per heavy atom. The minimum atomic E-state index is -0.836. The molecule has 0 atom stereocenters. The van der Waals surface area contributed by atoms with E-state index in [1.807, 2.05) is 23.7 Å². The number of amides is 1. The Morgan fingerprint density at radius 2 is 2.08 bits per heavy atom. The zero-order chi connectivity index (χ0) is 17.7. The van der Waals surface area contributed by atoms with Crippen molar-refractivity contribution in [1.82, 2.24) is 9.78 Å². The third kappa shape index (κ3) is 4.68. The molecule has 0 saturated carbocycles. The molecule has 0 radical (unpaired) electrons. The van der Waals surface area contributed by atoms with Crippen LogP contribution < -0.4 is 5.32 Å². The van der Waals surface area contributed by atoms with E-state index in [1.54, 1.807) is 18.3 Å². The third-order valence-electron chi connectivity index (χ3n) is 3.70. The molecule has 6 nitrogen and oxygen atoms in total. The number of nitrogens with zero attached hydrogens (tertiary/aromatic N) is 2. The molecule has 0 aliphatic carbocycles. The molecule has 0 saturated heterocycles. The number of carboxylic acids is 1. The van der Waals surface area contributed by atoms with Crippen LogP contribution in [0.2, 0.25) is 0 Å². The van der Waals surface area contributed by atoms with Crippen LogP contribution in [-0.2, 0) is 17.8 Å². The molecule has 2 rings (SSSR count). The minimum absolute atomic E-state index is 0.0679. The Labute approximate surface area is 141 Å². The monoisotopic (exact) mass is 329 g/mol. The van der Waals surface area contributed by atoms with Crippen LogP contribution in [0, 0.1) is 12.8 Å². The summed E-state index contributed by atoms with van der Waals surface area (Å²) in [5.41, 5.74) is 2.91. The first-order chi connectivity index (χ1) is 11.4. The van der Waals surface area contributed by atoms with E-state index >= 15 is 0 Å². The minimum Gasteiger partial charge on any atom is -0.481 e. The molecule has 0 aliphatic rings. The number of hydrogen-bond acceptors (Lipinski definition) is 3. The van der Waals surface area contributed by atoms with Crippen molar-refractivity contribution in [2.75, 3.05) is 5.32 Å². The molecule has 1 aromatic carbocycles.